The summed E-state index contributed by atoms with van der Waals surface area (Å²) in [5.74, 6) is 1.93. The van der Waals surface area contributed by atoms with Crippen LogP contribution >= 0.6 is 0 Å². The highest BCUT2D eigenvalue weighted by molar-refractivity contribution is 6.03. The van der Waals surface area contributed by atoms with E-state index in [0.717, 1.165) is 11.4 Å². The lowest BCUT2D eigenvalue weighted by Crippen LogP contribution is -2.15. The SMILES string of the molecule is COc1cccc(Nc2ccc(C(=O)Nc3cc(OC)ccc3OC)nn2)c1. The van der Waals surface area contributed by atoms with Crippen molar-refractivity contribution in [3.05, 3.63) is 60.3 Å². The fourth-order valence-electron chi connectivity index (χ4n) is 2.47. The predicted octanol–water partition coefficient (Wildman–Crippen LogP) is 3.50. The van der Waals surface area contributed by atoms with Gasteiger partial charge in [0.2, 0.25) is 0 Å². The minimum Gasteiger partial charge on any atom is -0.497 e. The van der Waals surface area contributed by atoms with E-state index in [-0.39, 0.29) is 5.69 Å². The van der Waals surface area contributed by atoms with Crippen molar-refractivity contribution in [3.63, 3.8) is 0 Å². The maximum Gasteiger partial charge on any atom is 0.276 e. The normalized spacial score (nSPS) is 10.1. The number of rotatable bonds is 7. The van der Waals surface area contributed by atoms with Crippen molar-refractivity contribution in [3.8, 4) is 17.2 Å². The minimum atomic E-state index is -0.410. The third kappa shape index (κ3) is 4.47. The van der Waals surface area contributed by atoms with Gasteiger partial charge < -0.3 is 24.8 Å². The Morgan fingerprint density at radius 1 is 0.857 bits per heavy atom. The largest absolute Gasteiger partial charge is 0.497 e. The monoisotopic (exact) mass is 380 g/mol. The molecule has 1 heterocycles. The van der Waals surface area contributed by atoms with E-state index in [1.165, 1.54) is 7.11 Å². The van der Waals surface area contributed by atoms with Crippen molar-refractivity contribution in [2.45, 2.75) is 0 Å². The van der Waals surface area contributed by atoms with Crippen LogP contribution in [0.2, 0.25) is 0 Å². The Hall–Kier alpha value is -3.81. The molecule has 3 aromatic rings. The summed E-state index contributed by atoms with van der Waals surface area (Å²) in [5.41, 5.74) is 1.44. The number of methoxy groups -OCH3 is 3. The van der Waals surface area contributed by atoms with Crippen LogP contribution in [0.4, 0.5) is 17.2 Å². The van der Waals surface area contributed by atoms with E-state index < -0.39 is 5.91 Å². The van der Waals surface area contributed by atoms with Crippen LogP contribution in [0.1, 0.15) is 10.5 Å². The van der Waals surface area contributed by atoms with E-state index in [1.54, 1.807) is 44.6 Å². The first kappa shape index (κ1) is 19.0. The van der Waals surface area contributed by atoms with Gasteiger partial charge in [0.25, 0.3) is 5.91 Å². The lowest BCUT2D eigenvalue weighted by atomic mass is 10.2. The Labute approximate surface area is 162 Å². The van der Waals surface area contributed by atoms with Gasteiger partial charge in [-0.1, -0.05) is 6.07 Å². The van der Waals surface area contributed by atoms with Gasteiger partial charge in [0.15, 0.2) is 11.5 Å². The van der Waals surface area contributed by atoms with E-state index in [2.05, 4.69) is 20.8 Å². The van der Waals surface area contributed by atoms with Gasteiger partial charge in [-0.2, -0.15) is 0 Å². The van der Waals surface area contributed by atoms with Crippen molar-refractivity contribution >= 4 is 23.1 Å². The number of nitrogens with one attached hydrogen (secondary N) is 2. The zero-order valence-corrected chi connectivity index (χ0v) is 15.7. The molecule has 3 rings (SSSR count). The molecule has 0 aliphatic heterocycles. The van der Waals surface area contributed by atoms with Gasteiger partial charge in [-0.3, -0.25) is 4.79 Å². The van der Waals surface area contributed by atoms with E-state index in [0.29, 0.717) is 23.0 Å². The number of hydrogen-bond acceptors (Lipinski definition) is 7. The number of hydrogen-bond donors (Lipinski definition) is 2. The zero-order chi connectivity index (χ0) is 19.9. The molecular formula is C20H20N4O4. The fraction of sp³-hybridized carbons (Fsp3) is 0.150. The van der Waals surface area contributed by atoms with Gasteiger partial charge in [-0.15, -0.1) is 10.2 Å². The molecule has 1 amide bonds. The molecule has 0 spiro atoms. The number of benzene rings is 2. The van der Waals surface area contributed by atoms with Crippen LogP contribution in [-0.2, 0) is 0 Å². The summed E-state index contributed by atoms with van der Waals surface area (Å²) in [6.45, 7) is 0. The summed E-state index contributed by atoms with van der Waals surface area (Å²) in [5, 5.41) is 13.9. The second kappa shape index (κ2) is 8.72. The third-order valence-corrected chi connectivity index (χ3v) is 3.89. The van der Waals surface area contributed by atoms with Crippen LogP contribution in [0.25, 0.3) is 0 Å². The first-order chi connectivity index (χ1) is 13.6. The Balaban J connectivity index is 1.72. The predicted molar refractivity (Wildman–Crippen MR) is 106 cm³/mol. The standard InChI is InChI=1S/C20H20N4O4/c1-26-14-6-4-5-13(11-14)21-19-10-8-16(23-24-19)20(25)22-17-12-15(27-2)7-9-18(17)28-3/h4-12H,1-3H3,(H,21,24)(H,22,25). The van der Waals surface area contributed by atoms with Crippen molar-refractivity contribution < 1.29 is 19.0 Å². The summed E-state index contributed by atoms with van der Waals surface area (Å²) >= 11 is 0. The number of amides is 1. The molecule has 0 saturated heterocycles. The smallest absolute Gasteiger partial charge is 0.276 e. The average Bonchev–Trinajstić information content (AvgIpc) is 2.74. The number of carbonyl (C=O) groups is 1. The van der Waals surface area contributed by atoms with Crippen LogP contribution in [0, 0.1) is 0 Å². The van der Waals surface area contributed by atoms with Crippen LogP contribution < -0.4 is 24.8 Å². The van der Waals surface area contributed by atoms with Crippen LogP contribution in [-0.4, -0.2) is 37.4 Å². The summed E-state index contributed by atoms with van der Waals surface area (Å²) in [6.07, 6.45) is 0. The molecule has 0 saturated carbocycles. The molecule has 8 nitrogen and oxygen atoms in total. The maximum atomic E-state index is 12.5. The summed E-state index contributed by atoms with van der Waals surface area (Å²) in [7, 11) is 4.67. The molecule has 2 aromatic carbocycles. The van der Waals surface area contributed by atoms with Crippen molar-refractivity contribution in [2.24, 2.45) is 0 Å². The summed E-state index contributed by atoms with van der Waals surface area (Å²) in [4.78, 5) is 12.5. The van der Waals surface area contributed by atoms with Gasteiger partial charge >= 0.3 is 0 Å². The molecule has 0 atom stereocenters. The van der Waals surface area contributed by atoms with Crippen LogP contribution in [0.3, 0.4) is 0 Å². The molecular weight excluding hydrogens is 360 g/mol. The highest BCUT2D eigenvalue weighted by atomic mass is 16.5. The van der Waals surface area contributed by atoms with E-state index in [4.69, 9.17) is 14.2 Å². The van der Waals surface area contributed by atoms with Gasteiger partial charge in [0.1, 0.15) is 17.2 Å². The average molecular weight is 380 g/mol. The molecule has 8 heteroatoms. The molecule has 0 bridgehead atoms. The number of aromatic nitrogens is 2. The Morgan fingerprint density at radius 3 is 2.32 bits per heavy atom. The van der Waals surface area contributed by atoms with E-state index >= 15 is 0 Å². The second-order valence-electron chi connectivity index (χ2n) is 5.68. The molecule has 0 aliphatic rings. The first-order valence-electron chi connectivity index (χ1n) is 8.41. The second-order valence-corrected chi connectivity index (χ2v) is 5.68. The molecule has 28 heavy (non-hydrogen) atoms. The van der Waals surface area contributed by atoms with Crippen LogP contribution in [0.15, 0.2) is 54.6 Å². The van der Waals surface area contributed by atoms with Crippen molar-refractivity contribution in [1.29, 1.82) is 0 Å². The van der Waals surface area contributed by atoms with Crippen molar-refractivity contribution in [2.75, 3.05) is 32.0 Å². The molecule has 0 radical (unpaired) electrons. The molecule has 0 fully saturated rings. The summed E-state index contributed by atoms with van der Waals surface area (Å²) in [6, 6.07) is 15.8. The Morgan fingerprint density at radius 2 is 1.64 bits per heavy atom. The molecule has 0 aliphatic carbocycles. The highest BCUT2D eigenvalue weighted by Gasteiger charge is 2.13. The first-order valence-corrected chi connectivity index (χ1v) is 8.41. The Bertz CT molecular complexity index is 961. The van der Waals surface area contributed by atoms with Crippen LogP contribution in [0.5, 0.6) is 17.2 Å². The minimum absolute atomic E-state index is 0.168. The number of carbonyl (C=O) groups excluding carboxylic acids is 1. The lowest BCUT2D eigenvalue weighted by Gasteiger charge is -2.11. The van der Waals surface area contributed by atoms with E-state index in [9.17, 15) is 4.79 Å². The van der Waals surface area contributed by atoms with Crippen molar-refractivity contribution in [1.82, 2.24) is 10.2 Å². The molecule has 2 N–H and O–H groups in total. The van der Waals surface area contributed by atoms with E-state index in [1.807, 2.05) is 24.3 Å². The Kier molecular flexibility index (Phi) is 5.91. The van der Waals surface area contributed by atoms with Gasteiger partial charge in [0.05, 0.1) is 27.0 Å². The maximum absolute atomic E-state index is 12.5. The topological polar surface area (TPSA) is 94.6 Å². The van der Waals surface area contributed by atoms with Gasteiger partial charge in [0, 0.05) is 17.8 Å². The number of anilines is 3. The quantitative estimate of drug-likeness (QED) is 0.648. The zero-order valence-electron chi connectivity index (χ0n) is 15.7. The summed E-state index contributed by atoms with van der Waals surface area (Å²) < 4.78 is 15.6. The van der Waals surface area contributed by atoms with Gasteiger partial charge in [-0.25, -0.2) is 0 Å². The molecule has 1 aromatic heterocycles. The lowest BCUT2D eigenvalue weighted by molar-refractivity contribution is 0.102. The number of ether oxygens (including phenoxy) is 3. The third-order valence-electron chi connectivity index (χ3n) is 3.89. The molecule has 144 valence electrons. The van der Waals surface area contributed by atoms with Gasteiger partial charge in [-0.05, 0) is 36.4 Å². The highest BCUT2D eigenvalue weighted by Crippen LogP contribution is 2.29. The molecule has 0 unspecified atom stereocenters. The number of nitrogens with zero attached hydrogens (tertiary/aromatic N) is 2. The fourth-order valence-corrected chi connectivity index (χ4v) is 2.47.